The van der Waals surface area contributed by atoms with Crippen molar-refractivity contribution in [2.45, 2.75) is 13.5 Å². The van der Waals surface area contributed by atoms with E-state index < -0.39 is 10.8 Å². The number of nitrogens with one attached hydrogen (secondary N) is 1. The molecule has 0 aliphatic rings. The fourth-order valence-electron chi connectivity index (χ4n) is 1.06. The zero-order valence-corrected chi connectivity index (χ0v) is 8.08. The largest absolute Gasteiger partial charge is 0.389 e. The Kier molecular flexibility index (Phi) is 3.34. The molecular formula is C7H11N5O3. The molecule has 1 unspecified atom stereocenters. The molecule has 0 aromatic carbocycles. The van der Waals surface area contributed by atoms with E-state index in [0.717, 1.165) is 0 Å². The monoisotopic (exact) mass is 213 g/mol. The second kappa shape index (κ2) is 4.51. The molecule has 3 N–H and O–H groups in total. The maximum Gasteiger partial charge on any atom is 0.389 e. The highest BCUT2D eigenvalue weighted by molar-refractivity contribution is 5.77. The van der Waals surface area contributed by atoms with E-state index in [0.29, 0.717) is 0 Å². The summed E-state index contributed by atoms with van der Waals surface area (Å²) in [7, 11) is 0. The minimum absolute atomic E-state index is 0.240. The predicted octanol–water partition coefficient (Wildman–Crippen LogP) is -0.583. The number of carbonyl (C=O) groups excluding carboxylic acids is 1. The Balaban J connectivity index is 2.65. The fraction of sp³-hybridized carbons (Fsp3) is 0.429. The number of rotatable bonds is 4. The molecule has 0 bridgehead atoms. The molecule has 0 aliphatic carbocycles. The van der Waals surface area contributed by atoms with Crippen molar-refractivity contribution in [1.29, 1.82) is 0 Å². The summed E-state index contributed by atoms with van der Waals surface area (Å²) >= 11 is 0. The number of nitrogens with zero attached hydrogens (tertiary/aromatic N) is 3. The molecule has 0 fully saturated rings. The average Bonchev–Trinajstić information content (AvgIpc) is 2.65. The SMILES string of the molecule is CC(Cn1ccc([N+](=O)[O-])n1)C(=O)NN. The van der Waals surface area contributed by atoms with Gasteiger partial charge in [0.1, 0.15) is 0 Å². The third kappa shape index (κ3) is 2.74. The van der Waals surface area contributed by atoms with Crippen molar-refractivity contribution in [1.82, 2.24) is 15.2 Å². The van der Waals surface area contributed by atoms with Crippen molar-refractivity contribution in [3.63, 3.8) is 0 Å². The average molecular weight is 213 g/mol. The lowest BCUT2D eigenvalue weighted by Crippen LogP contribution is -2.36. The van der Waals surface area contributed by atoms with E-state index in [4.69, 9.17) is 5.84 Å². The summed E-state index contributed by atoms with van der Waals surface area (Å²) in [5, 5.41) is 14.0. The minimum Gasteiger partial charge on any atom is -0.358 e. The van der Waals surface area contributed by atoms with Gasteiger partial charge in [0.25, 0.3) is 0 Å². The van der Waals surface area contributed by atoms with Gasteiger partial charge in [-0.3, -0.25) is 10.2 Å². The molecule has 0 radical (unpaired) electrons. The first-order chi connectivity index (χ1) is 7.04. The van der Waals surface area contributed by atoms with Gasteiger partial charge in [0.05, 0.1) is 29.8 Å². The summed E-state index contributed by atoms with van der Waals surface area (Å²) in [6.07, 6.45) is 1.44. The van der Waals surface area contributed by atoms with Crippen molar-refractivity contribution in [2.24, 2.45) is 11.8 Å². The fourth-order valence-corrected chi connectivity index (χ4v) is 1.06. The molecule has 0 saturated carbocycles. The molecule has 0 aliphatic heterocycles. The Labute approximate surface area is 85.2 Å². The zero-order valence-electron chi connectivity index (χ0n) is 8.08. The van der Waals surface area contributed by atoms with Crippen molar-refractivity contribution < 1.29 is 9.72 Å². The summed E-state index contributed by atoms with van der Waals surface area (Å²) in [5.74, 6) is 3.97. The first-order valence-electron chi connectivity index (χ1n) is 4.23. The highest BCUT2D eigenvalue weighted by Gasteiger charge is 2.16. The third-order valence-electron chi connectivity index (χ3n) is 1.86. The van der Waals surface area contributed by atoms with Crippen LogP contribution in [0.1, 0.15) is 6.92 Å². The van der Waals surface area contributed by atoms with Crippen molar-refractivity contribution in [3.8, 4) is 0 Å². The second-order valence-electron chi connectivity index (χ2n) is 3.06. The van der Waals surface area contributed by atoms with Crippen LogP contribution in [0.4, 0.5) is 5.82 Å². The molecule has 1 rings (SSSR count). The van der Waals surface area contributed by atoms with Gasteiger partial charge in [0, 0.05) is 0 Å². The molecule has 15 heavy (non-hydrogen) atoms. The van der Waals surface area contributed by atoms with Gasteiger partial charge in [-0.1, -0.05) is 6.92 Å². The van der Waals surface area contributed by atoms with E-state index in [1.54, 1.807) is 6.92 Å². The van der Waals surface area contributed by atoms with E-state index in [2.05, 4.69) is 5.10 Å². The van der Waals surface area contributed by atoms with E-state index in [9.17, 15) is 14.9 Å². The topological polar surface area (TPSA) is 116 Å². The standard InChI is InChI=1S/C7H11N5O3/c1-5(7(13)9-8)4-11-3-2-6(10-11)12(14)15/h2-3,5H,4,8H2,1H3,(H,9,13). The van der Waals surface area contributed by atoms with Crippen LogP contribution in [0.3, 0.4) is 0 Å². The number of hydrogen-bond donors (Lipinski definition) is 2. The van der Waals surface area contributed by atoms with Crippen molar-refractivity contribution >= 4 is 11.7 Å². The Morgan fingerprint density at radius 2 is 2.53 bits per heavy atom. The van der Waals surface area contributed by atoms with Crippen LogP contribution in [0.2, 0.25) is 0 Å². The highest BCUT2D eigenvalue weighted by atomic mass is 16.6. The highest BCUT2D eigenvalue weighted by Crippen LogP contribution is 2.07. The number of hydrogen-bond acceptors (Lipinski definition) is 5. The first kappa shape index (κ1) is 11.1. The Morgan fingerprint density at radius 3 is 3.00 bits per heavy atom. The van der Waals surface area contributed by atoms with Crippen LogP contribution in [0.15, 0.2) is 12.3 Å². The molecule has 1 amide bonds. The van der Waals surface area contributed by atoms with Crippen LogP contribution in [0.25, 0.3) is 0 Å². The Bertz CT molecular complexity index is 374. The summed E-state index contributed by atoms with van der Waals surface area (Å²) in [6, 6.07) is 1.27. The van der Waals surface area contributed by atoms with Crippen LogP contribution in [-0.4, -0.2) is 20.6 Å². The van der Waals surface area contributed by atoms with Gasteiger partial charge < -0.3 is 10.1 Å². The molecule has 8 heteroatoms. The van der Waals surface area contributed by atoms with Crippen LogP contribution < -0.4 is 11.3 Å². The third-order valence-corrected chi connectivity index (χ3v) is 1.86. The summed E-state index contributed by atoms with van der Waals surface area (Å²) in [6.45, 7) is 1.90. The normalized spacial score (nSPS) is 12.1. The summed E-state index contributed by atoms with van der Waals surface area (Å²) in [5.41, 5.74) is 2.00. The van der Waals surface area contributed by atoms with Gasteiger partial charge in [-0.2, -0.15) is 4.68 Å². The number of carbonyl (C=O) groups is 1. The molecule has 1 heterocycles. The number of amides is 1. The second-order valence-corrected chi connectivity index (χ2v) is 3.06. The first-order valence-corrected chi connectivity index (χ1v) is 4.23. The number of nitrogens with two attached hydrogens (primary N) is 1. The van der Waals surface area contributed by atoms with Gasteiger partial charge in [0.15, 0.2) is 0 Å². The van der Waals surface area contributed by atoms with Gasteiger partial charge in [-0.25, -0.2) is 5.84 Å². The molecule has 82 valence electrons. The van der Waals surface area contributed by atoms with Crippen molar-refractivity contribution in [3.05, 3.63) is 22.4 Å². The van der Waals surface area contributed by atoms with Crippen LogP contribution in [-0.2, 0) is 11.3 Å². The smallest absolute Gasteiger partial charge is 0.358 e. The van der Waals surface area contributed by atoms with E-state index in [1.807, 2.05) is 5.43 Å². The molecule has 0 spiro atoms. The van der Waals surface area contributed by atoms with E-state index in [1.165, 1.54) is 16.9 Å². The van der Waals surface area contributed by atoms with Gasteiger partial charge in [-0.15, -0.1) is 0 Å². The molecular weight excluding hydrogens is 202 g/mol. The maximum absolute atomic E-state index is 11.0. The minimum atomic E-state index is -0.593. The molecule has 0 saturated heterocycles. The van der Waals surface area contributed by atoms with Crippen LogP contribution in [0.5, 0.6) is 0 Å². The predicted molar refractivity (Wildman–Crippen MR) is 50.4 cm³/mol. The lowest BCUT2D eigenvalue weighted by atomic mass is 10.2. The Morgan fingerprint density at radius 1 is 1.87 bits per heavy atom. The lowest BCUT2D eigenvalue weighted by Gasteiger charge is -2.06. The van der Waals surface area contributed by atoms with Gasteiger partial charge >= 0.3 is 5.82 Å². The van der Waals surface area contributed by atoms with Gasteiger partial charge in [-0.05, 0) is 4.92 Å². The van der Waals surface area contributed by atoms with E-state index >= 15 is 0 Å². The van der Waals surface area contributed by atoms with Crippen LogP contribution >= 0.6 is 0 Å². The molecule has 1 aromatic heterocycles. The quantitative estimate of drug-likeness (QED) is 0.300. The van der Waals surface area contributed by atoms with E-state index in [-0.39, 0.29) is 18.3 Å². The van der Waals surface area contributed by atoms with Crippen LogP contribution in [0, 0.1) is 16.0 Å². The summed E-state index contributed by atoms with van der Waals surface area (Å²) < 4.78 is 1.33. The molecule has 1 atom stereocenters. The van der Waals surface area contributed by atoms with Crippen molar-refractivity contribution in [2.75, 3.05) is 0 Å². The zero-order chi connectivity index (χ0) is 11.4. The lowest BCUT2D eigenvalue weighted by molar-refractivity contribution is -0.389. The maximum atomic E-state index is 11.0. The van der Waals surface area contributed by atoms with Gasteiger partial charge in [0.2, 0.25) is 5.91 Å². The number of nitro groups is 1. The number of aromatic nitrogens is 2. The Hall–Kier alpha value is -1.96. The number of hydrazine groups is 1. The molecule has 8 nitrogen and oxygen atoms in total. The summed E-state index contributed by atoms with van der Waals surface area (Å²) in [4.78, 5) is 20.8. The molecule has 1 aromatic rings.